The molecular weight excluding hydrogens is 156 g/mol. The van der Waals surface area contributed by atoms with Crippen LogP contribution in [-0.4, -0.2) is 24.9 Å². The van der Waals surface area contributed by atoms with Crippen LogP contribution in [0.15, 0.2) is 0 Å². The lowest BCUT2D eigenvalue weighted by molar-refractivity contribution is -0.121. The zero-order valence-electron chi connectivity index (χ0n) is 7.59. The van der Waals surface area contributed by atoms with E-state index in [4.69, 9.17) is 0 Å². The Labute approximate surface area is 72.7 Å². The summed E-state index contributed by atoms with van der Waals surface area (Å²) < 4.78 is 0. The Balaban J connectivity index is 3.46. The summed E-state index contributed by atoms with van der Waals surface area (Å²) in [7, 11) is 0. The first kappa shape index (κ1) is 10.9. The van der Waals surface area contributed by atoms with Crippen molar-refractivity contribution in [2.24, 2.45) is 0 Å². The van der Waals surface area contributed by atoms with E-state index in [2.05, 4.69) is 10.6 Å². The maximum Gasteiger partial charge on any atom is 0.222 e. The summed E-state index contributed by atoms with van der Waals surface area (Å²) in [6.45, 7) is 4.49. The van der Waals surface area contributed by atoms with Crippen LogP contribution in [0.25, 0.3) is 0 Å². The first-order valence-corrected chi connectivity index (χ1v) is 4.17. The molecule has 0 aliphatic heterocycles. The number of hydrogen-bond donors (Lipinski definition) is 2. The summed E-state index contributed by atoms with van der Waals surface area (Å²) in [5.74, 6) is -0.0151. The highest BCUT2D eigenvalue weighted by Gasteiger charge is 2.05. The summed E-state index contributed by atoms with van der Waals surface area (Å²) in [4.78, 5) is 21.0. The van der Waals surface area contributed by atoms with E-state index in [-0.39, 0.29) is 11.9 Å². The second kappa shape index (κ2) is 6.64. The number of hydrogen-bond acceptors (Lipinski definition) is 2. The fourth-order valence-electron chi connectivity index (χ4n) is 0.790. The molecule has 0 aromatic carbocycles. The smallest absolute Gasteiger partial charge is 0.222 e. The summed E-state index contributed by atoms with van der Waals surface area (Å²) in [5, 5.41) is 5.24. The van der Waals surface area contributed by atoms with Crippen molar-refractivity contribution < 1.29 is 9.59 Å². The predicted octanol–water partition coefficient (Wildman–Crippen LogP) is 0.0372. The van der Waals surface area contributed by atoms with Crippen LogP contribution in [0.5, 0.6) is 0 Å². The molecule has 2 amide bonds. The van der Waals surface area contributed by atoms with E-state index in [1.54, 1.807) is 6.92 Å². The predicted molar refractivity (Wildman–Crippen MR) is 46.6 cm³/mol. The Morgan fingerprint density at radius 1 is 1.58 bits per heavy atom. The molecule has 1 atom stereocenters. The van der Waals surface area contributed by atoms with E-state index in [1.807, 2.05) is 6.92 Å². The summed E-state index contributed by atoms with van der Waals surface area (Å²) in [6, 6.07) is -0.0839. The average molecular weight is 172 g/mol. The van der Waals surface area contributed by atoms with Gasteiger partial charge in [0.25, 0.3) is 0 Å². The minimum absolute atomic E-state index is 0.0151. The van der Waals surface area contributed by atoms with Crippen LogP contribution >= 0.6 is 0 Å². The van der Waals surface area contributed by atoms with Crippen molar-refractivity contribution in [3.05, 3.63) is 0 Å². The normalized spacial score (nSPS) is 11.8. The Morgan fingerprint density at radius 2 is 2.25 bits per heavy atom. The summed E-state index contributed by atoms with van der Waals surface area (Å²) in [6.07, 6.45) is 1.89. The van der Waals surface area contributed by atoms with E-state index >= 15 is 0 Å². The van der Waals surface area contributed by atoms with Gasteiger partial charge in [0.2, 0.25) is 12.3 Å². The second-order valence-corrected chi connectivity index (χ2v) is 2.74. The number of carbonyl (C=O) groups is 2. The fraction of sp³-hybridized carbons (Fsp3) is 0.750. The molecule has 0 aliphatic carbocycles. The molecule has 0 aromatic heterocycles. The van der Waals surface area contributed by atoms with Gasteiger partial charge in [0.1, 0.15) is 0 Å². The van der Waals surface area contributed by atoms with Gasteiger partial charge in [-0.1, -0.05) is 6.92 Å². The molecule has 4 heteroatoms. The van der Waals surface area contributed by atoms with E-state index in [0.29, 0.717) is 19.4 Å². The molecule has 0 aromatic rings. The lowest BCUT2D eigenvalue weighted by Crippen LogP contribution is -2.33. The minimum atomic E-state index is -0.0839. The maximum absolute atomic E-state index is 11.0. The van der Waals surface area contributed by atoms with E-state index in [0.717, 1.165) is 6.42 Å². The van der Waals surface area contributed by atoms with Crippen LogP contribution in [0.3, 0.4) is 0 Å². The zero-order valence-corrected chi connectivity index (χ0v) is 7.59. The van der Waals surface area contributed by atoms with Crippen molar-refractivity contribution >= 4 is 12.3 Å². The largest absolute Gasteiger partial charge is 0.356 e. The maximum atomic E-state index is 11.0. The van der Waals surface area contributed by atoms with Crippen LogP contribution in [-0.2, 0) is 9.59 Å². The van der Waals surface area contributed by atoms with Crippen LogP contribution in [0, 0.1) is 0 Å². The molecule has 0 spiro atoms. The standard InChI is InChI=1S/C8H16N2O2/c1-3-4-9-8(12)5-7(2)10-6-11/h6-7H,3-5H2,1-2H3,(H,9,12)(H,10,11)/t7-/m0/s1. The van der Waals surface area contributed by atoms with Crippen LogP contribution in [0.1, 0.15) is 26.7 Å². The van der Waals surface area contributed by atoms with Crippen molar-refractivity contribution in [1.29, 1.82) is 0 Å². The number of rotatable bonds is 6. The van der Waals surface area contributed by atoms with Gasteiger partial charge in [0.05, 0.1) is 0 Å². The molecule has 0 bridgehead atoms. The Morgan fingerprint density at radius 3 is 2.75 bits per heavy atom. The number of carbonyl (C=O) groups excluding carboxylic acids is 2. The summed E-state index contributed by atoms with van der Waals surface area (Å²) in [5.41, 5.74) is 0. The lowest BCUT2D eigenvalue weighted by Gasteiger charge is -2.09. The summed E-state index contributed by atoms with van der Waals surface area (Å²) >= 11 is 0. The Hall–Kier alpha value is -1.06. The lowest BCUT2D eigenvalue weighted by atomic mass is 10.2. The van der Waals surface area contributed by atoms with Crippen LogP contribution in [0.2, 0.25) is 0 Å². The molecule has 0 saturated carbocycles. The highest BCUT2D eigenvalue weighted by atomic mass is 16.1. The molecule has 0 aliphatic rings. The quantitative estimate of drug-likeness (QED) is 0.556. The Kier molecular flexibility index (Phi) is 6.05. The molecule has 2 N–H and O–H groups in total. The van der Waals surface area contributed by atoms with E-state index < -0.39 is 0 Å². The fourth-order valence-corrected chi connectivity index (χ4v) is 0.790. The van der Waals surface area contributed by atoms with Gasteiger partial charge in [-0.05, 0) is 13.3 Å². The number of nitrogens with one attached hydrogen (secondary N) is 2. The Bertz CT molecular complexity index is 148. The third-order valence-electron chi connectivity index (χ3n) is 1.42. The molecule has 0 radical (unpaired) electrons. The highest BCUT2D eigenvalue weighted by molar-refractivity contribution is 5.76. The first-order valence-electron chi connectivity index (χ1n) is 4.17. The van der Waals surface area contributed by atoms with Crippen molar-refractivity contribution in [2.75, 3.05) is 6.54 Å². The van der Waals surface area contributed by atoms with Gasteiger partial charge in [-0.2, -0.15) is 0 Å². The molecule has 70 valence electrons. The van der Waals surface area contributed by atoms with Gasteiger partial charge in [-0.3, -0.25) is 9.59 Å². The van der Waals surface area contributed by atoms with Gasteiger partial charge in [0.15, 0.2) is 0 Å². The van der Waals surface area contributed by atoms with E-state index in [9.17, 15) is 9.59 Å². The highest BCUT2D eigenvalue weighted by Crippen LogP contribution is 1.88. The van der Waals surface area contributed by atoms with Crippen LogP contribution < -0.4 is 10.6 Å². The average Bonchev–Trinajstić information content (AvgIpc) is 2.01. The van der Waals surface area contributed by atoms with Gasteiger partial charge < -0.3 is 10.6 Å². The first-order chi connectivity index (χ1) is 5.70. The molecule has 0 rings (SSSR count). The molecular formula is C8H16N2O2. The zero-order chi connectivity index (χ0) is 9.40. The number of amides is 2. The third kappa shape index (κ3) is 5.70. The molecule has 0 fully saturated rings. The molecule has 12 heavy (non-hydrogen) atoms. The van der Waals surface area contributed by atoms with E-state index in [1.165, 1.54) is 0 Å². The van der Waals surface area contributed by atoms with Crippen molar-refractivity contribution in [1.82, 2.24) is 10.6 Å². The van der Waals surface area contributed by atoms with Gasteiger partial charge in [-0.25, -0.2) is 0 Å². The van der Waals surface area contributed by atoms with Crippen molar-refractivity contribution in [2.45, 2.75) is 32.7 Å². The van der Waals surface area contributed by atoms with Gasteiger partial charge in [-0.15, -0.1) is 0 Å². The molecule has 0 unspecified atom stereocenters. The second-order valence-electron chi connectivity index (χ2n) is 2.74. The minimum Gasteiger partial charge on any atom is -0.356 e. The molecule has 0 saturated heterocycles. The van der Waals surface area contributed by atoms with Crippen LogP contribution in [0.4, 0.5) is 0 Å². The SMILES string of the molecule is CCCNC(=O)C[C@H](C)NC=O. The van der Waals surface area contributed by atoms with Crippen molar-refractivity contribution in [3.63, 3.8) is 0 Å². The van der Waals surface area contributed by atoms with Crippen molar-refractivity contribution in [3.8, 4) is 0 Å². The molecule has 0 heterocycles. The van der Waals surface area contributed by atoms with Gasteiger partial charge >= 0.3 is 0 Å². The third-order valence-corrected chi connectivity index (χ3v) is 1.42. The topological polar surface area (TPSA) is 58.2 Å². The monoisotopic (exact) mass is 172 g/mol. The van der Waals surface area contributed by atoms with Gasteiger partial charge in [0, 0.05) is 19.0 Å². The molecule has 4 nitrogen and oxygen atoms in total.